The Morgan fingerprint density at radius 2 is 1.87 bits per heavy atom. The molecule has 0 spiro atoms. The van der Waals surface area contributed by atoms with Crippen LogP contribution in [0, 0.1) is 0 Å². The topological polar surface area (TPSA) is 29.0 Å². The van der Waals surface area contributed by atoms with Crippen LogP contribution in [0.1, 0.15) is 39.3 Å². The van der Waals surface area contributed by atoms with Gasteiger partial charge in [0.05, 0.1) is 5.69 Å². The van der Waals surface area contributed by atoms with Crippen LogP contribution in [0.5, 0.6) is 0 Å². The van der Waals surface area contributed by atoms with Crippen LogP contribution in [-0.2, 0) is 5.41 Å². The lowest BCUT2D eigenvalue weighted by Gasteiger charge is -2.21. The van der Waals surface area contributed by atoms with E-state index in [0.29, 0.717) is 0 Å². The molecule has 0 atom stereocenters. The number of rotatable bonds is 1. The van der Waals surface area contributed by atoms with Crippen molar-refractivity contribution in [2.24, 2.45) is 0 Å². The Balaban J connectivity index is 2.26. The fourth-order valence-electron chi connectivity index (χ4n) is 1.84. The molecule has 0 unspecified atom stereocenters. The van der Waals surface area contributed by atoms with Gasteiger partial charge in [0.2, 0.25) is 5.95 Å². The van der Waals surface area contributed by atoms with E-state index < -0.39 is 0 Å². The zero-order valence-corrected chi connectivity index (χ0v) is 9.82. The van der Waals surface area contributed by atoms with Crippen molar-refractivity contribution >= 4 is 5.95 Å². The van der Waals surface area contributed by atoms with Gasteiger partial charge < -0.3 is 4.90 Å². The van der Waals surface area contributed by atoms with Gasteiger partial charge in [-0.15, -0.1) is 0 Å². The molecule has 1 aromatic rings. The minimum absolute atomic E-state index is 0.109. The highest BCUT2D eigenvalue weighted by atomic mass is 15.3. The second-order valence-corrected chi connectivity index (χ2v) is 5.19. The molecule has 1 fully saturated rings. The van der Waals surface area contributed by atoms with Crippen molar-refractivity contribution in [3.8, 4) is 0 Å². The monoisotopic (exact) mass is 205 g/mol. The van der Waals surface area contributed by atoms with Crippen molar-refractivity contribution in [2.75, 3.05) is 18.0 Å². The molecule has 0 saturated carbocycles. The van der Waals surface area contributed by atoms with Crippen LogP contribution in [0.2, 0.25) is 0 Å². The summed E-state index contributed by atoms with van der Waals surface area (Å²) in [6.07, 6.45) is 4.41. The van der Waals surface area contributed by atoms with Crippen LogP contribution >= 0.6 is 0 Å². The van der Waals surface area contributed by atoms with Gasteiger partial charge in [-0.1, -0.05) is 20.8 Å². The number of aromatic nitrogens is 2. The van der Waals surface area contributed by atoms with Crippen molar-refractivity contribution < 1.29 is 0 Å². The van der Waals surface area contributed by atoms with Gasteiger partial charge in [-0.3, -0.25) is 0 Å². The molecule has 2 rings (SSSR count). The van der Waals surface area contributed by atoms with E-state index >= 15 is 0 Å². The van der Waals surface area contributed by atoms with Gasteiger partial charge in [0.25, 0.3) is 0 Å². The Morgan fingerprint density at radius 1 is 1.20 bits per heavy atom. The summed E-state index contributed by atoms with van der Waals surface area (Å²) in [5.41, 5.74) is 1.23. The van der Waals surface area contributed by atoms with E-state index in [1.54, 1.807) is 0 Å². The maximum Gasteiger partial charge on any atom is 0.225 e. The molecule has 2 heterocycles. The summed E-state index contributed by atoms with van der Waals surface area (Å²) in [6, 6.07) is 2.01. The first kappa shape index (κ1) is 10.4. The molecular weight excluding hydrogens is 186 g/mol. The first-order valence-electron chi connectivity index (χ1n) is 5.66. The molecule has 1 aliphatic heterocycles. The van der Waals surface area contributed by atoms with Gasteiger partial charge in [0.1, 0.15) is 0 Å². The molecule has 15 heavy (non-hydrogen) atoms. The van der Waals surface area contributed by atoms with E-state index in [4.69, 9.17) is 0 Å². The van der Waals surface area contributed by atoms with Crippen molar-refractivity contribution in [2.45, 2.75) is 39.0 Å². The molecule has 0 aromatic carbocycles. The Labute approximate surface area is 91.5 Å². The third-order valence-electron chi connectivity index (χ3n) is 2.80. The minimum atomic E-state index is 0.109. The summed E-state index contributed by atoms with van der Waals surface area (Å²) in [6.45, 7) is 8.76. The van der Waals surface area contributed by atoms with Crippen LogP contribution in [0.15, 0.2) is 12.3 Å². The zero-order chi connectivity index (χ0) is 10.9. The second-order valence-electron chi connectivity index (χ2n) is 5.19. The predicted molar refractivity (Wildman–Crippen MR) is 62.2 cm³/mol. The summed E-state index contributed by atoms with van der Waals surface area (Å²) in [4.78, 5) is 11.3. The fourth-order valence-corrected chi connectivity index (χ4v) is 1.84. The molecular formula is C12H19N3. The first-order valence-corrected chi connectivity index (χ1v) is 5.66. The van der Waals surface area contributed by atoms with Crippen molar-refractivity contribution in [3.63, 3.8) is 0 Å². The summed E-state index contributed by atoms with van der Waals surface area (Å²) in [5.74, 6) is 0.903. The normalized spacial score (nSPS) is 17.1. The van der Waals surface area contributed by atoms with Gasteiger partial charge >= 0.3 is 0 Å². The highest BCUT2D eigenvalue weighted by Crippen LogP contribution is 2.22. The quantitative estimate of drug-likeness (QED) is 0.705. The molecule has 0 aliphatic carbocycles. The number of hydrogen-bond donors (Lipinski definition) is 0. The van der Waals surface area contributed by atoms with E-state index in [2.05, 4.69) is 35.6 Å². The average molecular weight is 205 g/mol. The standard InChI is InChI=1S/C12H19N3/c1-12(2,3)10-6-7-13-11(14-10)15-8-4-5-9-15/h6-7H,4-5,8-9H2,1-3H3. The fraction of sp³-hybridized carbons (Fsp3) is 0.667. The van der Waals surface area contributed by atoms with Crippen molar-refractivity contribution in [1.82, 2.24) is 9.97 Å². The third kappa shape index (κ3) is 2.28. The van der Waals surface area contributed by atoms with Gasteiger partial charge in [-0.05, 0) is 18.9 Å². The summed E-state index contributed by atoms with van der Waals surface area (Å²) in [7, 11) is 0. The maximum absolute atomic E-state index is 4.64. The Hall–Kier alpha value is -1.12. The van der Waals surface area contributed by atoms with E-state index in [-0.39, 0.29) is 5.41 Å². The number of anilines is 1. The zero-order valence-electron chi connectivity index (χ0n) is 9.82. The lowest BCUT2D eigenvalue weighted by Crippen LogP contribution is -2.23. The molecule has 0 radical (unpaired) electrons. The van der Waals surface area contributed by atoms with Gasteiger partial charge in [0.15, 0.2) is 0 Å². The number of hydrogen-bond acceptors (Lipinski definition) is 3. The molecule has 3 nitrogen and oxygen atoms in total. The Bertz CT molecular complexity index is 335. The molecule has 0 bridgehead atoms. The Morgan fingerprint density at radius 3 is 2.47 bits per heavy atom. The lowest BCUT2D eigenvalue weighted by atomic mass is 9.92. The molecule has 1 saturated heterocycles. The molecule has 0 N–H and O–H groups in total. The lowest BCUT2D eigenvalue weighted by molar-refractivity contribution is 0.566. The molecule has 82 valence electrons. The largest absolute Gasteiger partial charge is 0.341 e. The third-order valence-corrected chi connectivity index (χ3v) is 2.80. The SMILES string of the molecule is CC(C)(C)c1ccnc(N2CCCC2)n1. The van der Waals surface area contributed by atoms with Gasteiger partial charge in [-0.25, -0.2) is 9.97 Å². The van der Waals surface area contributed by atoms with E-state index in [0.717, 1.165) is 24.7 Å². The van der Waals surface area contributed by atoms with Crippen LogP contribution in [0.3, 0.4) is 0 Å². The van der Waals surface area contributed by atoms with Crippen molar-refractivity contribution in [1.29, 1.82) is 0 Å². The average Bonchev–Trinajstić information content (AvgIpc) is 2.69. The van der Waals surface area contributed by atoms with Crippen LogP contribution < -0.4 is 4.90 Å². The highest BCUT2D eigenvalue weighted by Gasteiger charge is 2.19. The van der Waals surface area contributed by atoms with Crippen LogP contribution in [0.25, 0.3) is 0 Å². The van der Waals surface area contributed by atoms with Gasteiger partial charge in [-0.2, -0.15) is 0 Å². The second kappa shape index (κ2) is 3.80. The smallest absolute Gasteiger partial charge is 0.225 e. The van der Waals surface area contributed by atoms with Crippen LogP contribution in [0.4, 0.5) is 5.95 Å². The van der Waals surface area contributed by atoms with E-state index in [9.17, 15) is 0 Å². The Kier molecular flexibility index (Phi) is 2.63. The molecule has 0 amide bonds. The summed E-state index contributed by atoms with van der Waals surface area (Å²) in [5, 5.41) is 0. The predicted octanol–water partition coefficient (Wildman–Crippen LogP) is 2.37. The maximum atomic E-state index is 4.64. The minimum Gasteiger partial charge on any atom is -0.341 e. The van der Waals surface area contributed by atoms with E-state index in [1.165, 1.54) is 12.8 Å². The summed E-state index contributed by atoms with van der Waals surface area (Å²) < 4.78 is 0. The molecule has 1 aromatic heterocycles. The van der Waals surface area contributed by atoms with Crippen LogP contribution in [-0.4, -0.2) is 23.1 Å². The first-order chi connectivity index (χ1) is 7.07. The highest BCUT2D eigenvalue weighted by molar-refractivity contribution is 5.32. The molecule has 1 aliphatic rings. The molecule has 3 heteroatoms. The summed E-state index contributed by atoms with van der Waals surface area (Å²) >= 11 is 0. The van der Waals surface area contributed by atoms with E-state index in [1.807, 2.05) is 12.3 Å². The number of nitrogens with zero attached hydrogens (tertiary/aromatic N) is 3. The van der Waals surface area contributed by atoms with Crippen molar-refractivity contribution in [3.05, 3.63) is 18.0 Å². The van der Waals surface area contributed by atoms with Gasteiger partial charge in [0, 0.05) is 24.7 Å².